The third kappa shape index (κ3) is 7.32. The number of Topliss-reactive ketones (excluding diaryl/α,β-unsaturated/α-hetero) is 1. The predicted octanol–water partition coefficient (Wildman–Crippen LogP) is 4.85. The maximum absolute atomic E-state index is 15.5. The molecule has 0 saturated carbocycles. The fraction of sp³-hybridized carbons (Fsp3) is 0.682. The number of carbonyl (C=O) groups excluding carboxylic acids is 1. The quantitative estimate of drug-likeness (QED) is 0.614. The second-order valence-corrected chi connectivity index (χ2v) is 8.55. The lowest BCUT2D eigenvalue weighted by atomic mass is 9.84. The van der Waals surface area contributed by atoms with Crippen LogP contribution in [0, 0.1) is 5.41 Å². The van der Waals surface area contributed by atoms with Gasteiger partial charge in [-0.2, -0.15) is 0 Å². The molecule has 1 aliphatic rings. The highest BCUT2D eigenvalue weighted by Crippen LogP contribution is 2.30. The minimum Gasteiger partial charge on any atom is -0.373 e. The average molecular weight is 381 g/mol. The van der Waals surface area contributed by atoms with E-state index in [0.29, 0.717) is 13.2 Å². The Bertz CT molecular complexity index is 574. The Labute approximate surface area is 162 Å². The molecule has 0 amide bonds. The van der Waals surface area contributed by atoms with Crippen molar-refractivity contribution < 1.29 is 23.4 Å². The molecule has 3 atom stereocenters. The highest BCUT2D eigenvalue weighted by Gasteiger charge is 2.41. The Morgan fingerprint density at radius 2 is 1.93 bits per heavy atom. The largest absolute Gasteiger partial charge is 0.373 e. The zero-order valence-electron chi connectivity index (χ0n) is 17.0. The van der Waals surface area contributed by atoms with E-state index < -0.39 is 23.5 Å². The number of halogens is 1. The van der Waals surface area contributed by atoms with Crippen LogP contribution >= 0.6 is 0 Å². The molecular weight excluding hydrogens is 347 g/mol. The zero-order valence-corrected chi connectivity index (χ0v) is 17.0. The minimum absolute atomic E-state index is 0.00502. The number of ether oxygens (including phenoxy) is 3. The van der Waals surface area contributed by atoms with Gasteiger partial charge in [0.25, 0.3) is 0 Å². The summed E-state index contributed by atoms with van der Waals surface area (Å²) in [5, 5.41) is 0. The second-order valence-electron chi connectivity index (χ2n) is 8.55. The molecule has 2 rings (SSSR count). The predicted molar refractivity (Wildman–Crippen MR) is 103 cm³/mol. The lowest BCUT2D eigenvalue weighted by molar-refractivity contribution is -0.221. The Morgan fingerprint density at radius 1 is 1.22 bits per heavy atom. The van der Waals surface area contributed by atoms with Crippen LogP contribution in [0.25, 0.3) is 0 Å². The molecule has 5 heteroatoms. The first kappa shape index (κ1) is 22.0. The Hall–Kier alpha value is -1.30. The van der Waals surface area contributed by atoms with Crippen LogP contribution in [0.5, 0.6) is 0 Å². The van der Waals surface area contributed by atoms with Crippen molar-refractivity contribution in [2.24, 2.45) is 5.41 Å². The SMILES string of the molecule is CC(C)(C)C(=O)CC(OC1CCCCO1)C(C)(F)COCc1ccccc1. The van der Waals surface area contributed by atoms with Crippen LogP contribution in [0.2, 0.25) is 0 Å². The molecule has 1 aromatic carbocycles. The number of rotatable bonds is 9. The van der Waals surface area contributed by atoms with Gasteiger partial charge in [-0.25, -0.2) is 4.39 Å². The van der Waals surface area contributed by atoms with E-state index in [1.165, 1.54) is 6.92 Å². The summed E-state index contributed by atoms with van der Waals surface area (Å²) in [7, 11) is 0. The average Bonchev–Trinajstić information content (AvgIpc) is 2.62. The number of ketones is 1. The third-order valence-corrected chi connectivity index (χ3v) is 4.83. The molecular formula is C22H33FO4. The van der Waals surface area contributed by atoms with Crippen molar-refractivity contribution in [1.29, 1.82) is 0 Å². The van der Waals surface area contributed by atoms with E-state index in [2.05, 4.69) is 0 Å². The molecule has 1 aromatic rings. The van der Waals surface area contributed by atoms with Gasteiger partial charge in [0, 0.05) is 18.4 Å². The summed E-state index contributed by atoms with van der Waals surface area (Å²) >= 11 is 0. The van der Waals surface area contributed by atoms with Crippen LogP contribution in [-0.2, 0) is 25.6 Å². The molecule has 152 valence electrons. The van der Waals surface area contributed by atoms with Gasteiger partial charge >= 0.3 is 0 Å². The van der Waals surface area contributed by atoms with Gasteiger partial charge in [0.1, 0.15) is 11.9 Å². The summed E-state index contributed by atoms with van der Waals surface area (Å²) in [5.41, 5.74) is -1.36. The van der Waals surface area contributed by atoms with E-state index in [9.17, 15) is 4.79 Å². The second kappa shape index (κ2) is 9.76. The lowest BCUT2D eigenvalue weighted by Gasteiger charge is -2.35. The van der Waals surface area contributed by atoms with Gasteiger partial charge in [0.2, 0.25) is 0 Å². The number of benzene rings is 1. The first-order valence-corrected chi connectivity index (χ1v) is 9.79. The Morgan fingerprint density at radius 3 is 2.52 bits per heavy atom. The smallest absolute Gasteiger partial charge is 0.158 e. The standard InChI is InChI=1S/C22H33FO4/c1-21(2,3)18(24)14-19(27-20-12-8-9-13-26-20)22(4,23)16-25-15-17-10-6-5-7-11-17/h5-7,10-11,19-20H,8-9,12-16H2,1-4H3. The number of alkyl halides is 1. The highest BCUT2D eigenvalue weighted by molar-refractivity contribution is 5.84. The van der Waals surface area contributed by atoms with Crippen molar-refractivity contribution >= 4 is 5.78 Å². The van der Waals surface area contributed by atoms with Crippen molar-refractivity contribution in [3.63, 3.8) is 0 Å². The molecule has 3 unspecified atom stereocenters. The fourth-order valence-corrected chi connectivity index (χ4v) is 2.91. The summed E-state index contributed by atoms with van der Waals surface area (Å²) in [6.45, 7) is 7.75. The van der Waals surface area contributed by atoms with Crippen molar-refractivity contribution in [3.05, 3.63) is 35.9 Å². The topological polar surface area (TPSA) is 44.8 Å². The van der Waals surface area contributed by atoms with Gasteiger partial charge in [-0.3, -0.25) is 4.79 Å². The fourth-order valence-electron chi connectivity index (χ4n) is 2.91. The van der Waals surface area contributed by atoms with Crippen LogP contribution in [0.1, 0.15) is 58.9 Å². The summed E-state index contributed by atoms with van der Waals surface area (Å²) in [4.78, 5) is 12.5. The molecule has 0 bridgehead atoms. The molecule has 27 heavy (non-hydrogen) atoms. The molecule has 4 nitrogen and oxygen atoms in total. The number of carbonyl (C=O) groups is 1. The van der Waals surface area contributed by atoms with Gasteiger partial charge in [-0.1, -0.05) is 51.1 Å². The summed E-state index contributed by atoms with van der Waals surface area (Å²) in [5.74, 6) is -0.0322. The maximum Gasteiger partial charge on any atom is 0.158 e. The monoisotopic (exact) mass is 380 g/mol. The van der Waals surface area contributed by atoms with Crippen molar-refractivity contribution in [1.82, 2.24) is 0 Å². The maximum atomic E-state index is 15.5. The minimum atomic E-state index is -1.80. The first-order valence-electron chi connectivity index (χ1n) is 9.79. The molecule has 1 heterocycles. The van der Waals surface area contributed by atoms with Crippen molar-refractivity contribution in [3.8, 4) is 0 Å². The van der Waals surface area contributed by atoms with Gasteiger partial charge in [0.15, 0.2) is 12.0 Å². The van der Waals surface area contributed by atoms with Gasteiger partial charge < -0.3 is 14.2 Å². The van der Waals surface area contributed by atoms with E-state index in [1.54, 1.807) is 0 Å². The zero-order chi connectivity index (χ0) is 19.9. The molecule has 0 N–H and O–H groups in total. The van der Waals surface area contributed by atoms with Gasteiger partial charge in [-0.05, 0) is 31.7 Å². The van der Waals surface area contributed by atoms with Crippen LogP contribution in [0.4, 0.5) is 4.39 Å². The Balaban J connectivity index is 2.00. The molecule has 0 aromatic heterocycles. The Kier molecular flexibility index (Phi) is 7.95. The molecule has 1 fully saturated rings. The first-order chi connectivity index (χ1) is 12.7. The van der Waals surface area contributed by atoms with E-state index in [1.807, 2.05) is 51.1 Å². The van der Waals surface area contributed by atoms with Crippen LogP contribution in [0.15, 0.2) is 30.3 Å². The normalized spacial score (nSPS) is 21.4. The number of hydrogen-bond acceptors (Lipinski definition) is 4. The van der Waals surface area contributed by atoms with Crippen LogP contribution in [-0.4, -0.2) is 37.1 Å². The van der Waals surface area contributed by atoms with E-state index in [-0.39, 0.29) is 18.8 Å². The molecule has 1 saturated heterocycles. The lowest BCUT2D eigenvalue weighted by Crippen LogP contribution is -2.46. The van der Waals surface area contributed by atoms with Crippen molar-refractivity contribution in [2.75, 3.05) is 13.2 Å². The summed E-state index contributed by atoms with van der Waals surface area (Å²) < 4.78 is 32.6. The third-order valence-electron chi connectivity index (χ3n) is 4.83. The molecule has 1 aliphatic heterocycles. The van der Waals surface area contributed by atoms with Crippen molar-refractivity contribution in [2.45, 2.75) is 78.0 Å². The summed E-state index contributed by atoms with van der Waals surface area (Å²) in [6, 6.07) is 9.63. The highest BCUT2D eigenvalue weighted by atomic mass is 19.1. The number of hydrogen-bond donors (Lipinski definition) is 0. The van der Waals surface area contributed by atoms with Crippen LogP contribution in [0.3, 0.4) is 0 Å². The molecule has 0 spiro atoms. The van der Waals surface area contributed by atoms with E-state index in [4.69, 9.17) is 14.2 Å². The van der Waals surface area contributed by atoms with E-state index in [0.717, 1.165) is 24.8 Å². The molecule has 0 radical (unpaired) electrons. The van der Waals surface area contributed by atoms with E-state index >= 15 is 4.39 Å². The molecule has 0 aliphatic carbocycles. The summed E-state index contributed by atoms with van der Waals surface area (Å²) in [6.07, 6.45) is 1.34. The van der Waals surface area contributed by atoms with Crippen LogP contribution < -0.4 is 0 Å². The van der Waals surface area contributed by atoms with Gasteiger partial charge in [-0.15, -0.1) is 0 Å². The van der Waals surface area contributed by atoms with Gasteiger partial charge in [0.05, 0.1) is 13.2 Å².